The highest BCUT2D eigenvalue weighted by atomic mass is 32.2. The van der Waals surface area contributed by atoms with Crippen molar-refractivity contribution in [3.05, 3.63) is 43.0 Å². The molecule has 0 heterocycles. The monoisotopic (exact) mass is 283 g/mol. The molecule has 0 saturated carbocycles. The Morgan fingerprint density at radius 1 is 1.42 bits per heavy atom. The molecule has 0 saturated heterocycles. The maximum atomic E-state index is 12.4. The summed E-state index contributed by atoms with van der Waals surface area (Å²) in [5, 5.41) is -0.313. The molecule has 6 heteroatoms. The topological polar surface area (TPSA) is 63.7 Å². The molecular formula is C13H17NO4S. The van der Waals surface area contributed by atoms with Gasteiger partial charge in [-0.2, -0.15) is 0 Å². The van der Waals surface area contributed by atoms with Gasteiger partial charge in [0.25, 0.3) is 5.91 Å². The second kappa shape index (κ2) is 6.49. The number of hydrogen-bond donors (Lipinski definition) is 0. The van der Waals surface area contributed by atoms with E-state index in [1.54, 1.807) is 18.2 Å². The summed E-state index contributed by atoms with van der Waals surface area (Å²) in [5.41, 5.74) is 0. The Bertz CT molecular complexity index is 539. The molecular weight excluding hydrogens is 266 g/mol. The number of allylic oxidation sites excluding steroid dienone is 1. The maximum Gasteiger partial charge on any atom is 0.264 e. The predicted octanol–water partition coefficient (Wildman–Crippen LogP) is 1.42. The van der Waals surface area contributed by atoms with Gasteiger partial charge < -0.3 is 0 Å². The molecule has 104 valence electrons. The van der Waals surface area contributed by atoms with Crippen LogP contribution in [0.1, 0.15) is 6.42 Å². The number of hydroxylamine groups is 2. The molecule has 1 aromatic rings. The van der Waals surface area contributed by atoms with Crippen LogP contribution in [0.25, 0.3) is 0 Å². The highest BCUT2D eigenvalue weighted by Gasteiger charge is 2.35. The molecule has 1 aromatic carbocycles. The molecule has 0 aliphatic carbocycles. The van der Waals surface area contributed by atoms with E-state index >= 15 is 0 Å². The van der Waals surface area contributed by atoms with Gasteiger partial charge in [0.1, 0.15) is 5.25 Å². The van der Waals surface area contributed by atoms with E-state index in [1.807, 2.05) is 0 Å². The van der Waals surface area contributed by atoms with Crippen molar-refractivity contribution in [3.8, 4) is 0 Å². The first-order valence-electron chi connectivity index (χ1n) is 5.66. The van der Waals surface area contributed by atoms with E-state index < -0.39 is 21.0 Å². The molecule has 0 aliphatic heterocycles. The summed E-state index contributed by atoms with van der Waals surface area (Å²) in [7, 11) is -1.08. The van der Waals surface area contributed by atoms with Crippen LogP contribution < -0.4 is 0 Å². The zero-order chi connectivity index (χ0) is 14.5. The van der Waals surface area contributed by atoms with Gasteiger partial charge in [-0.3, -0.25) is 9.63 Å². The van der Waals surface area contributed by atoms with Crippen molar-refractivity contribution in [1.82, 2.24) is 5.06 Å². The van der Waals surface area contributed by atoms with E-state index in [-0.39, 0.29) is 11.3 Å². The lowest BCUT2D eigenvalue weighted by Gasteiger charge is -2.21. The smallest absolute Gasteiger partial charge is 0.264 e. The predicted molar refractivity (Wildman–Crippen MR) is 72.0 cm³/mol. The standard InChI is InChI=1S/C13H17NO4S/c1-4-8-12(13(15)14(2)18-3)19(16,17)11-9-6-5-7-10-11/h4-7,9-10,12H,1,8H2,2-3H3. The normalized spacial score (nSPS) is 12.7. The average molecular weight is 283 g/mol. The summed E-state index contributed by atoms with van der Waals surface area (Å²) in [5.74, 6) is -0.619. The van der Waals surface area contributed by atoms with Crippen LogP contribution in [-0.4, -0.2) is 38.8 Å². The number of hydrogen-bond acceptors (Lipinski definition) is 4. The summed E-state index contributed by atoms with van der Waals surface area (Å²) in [6.07, 6.45) is 1.44. The van der Waals surface area contributed by atoms with Crippen LogP contribution in [-0.2, 0) is 19.5 Å². The highest BCUT2D eigenvalue weighted by Crippen LogP contribution is 2.20. The first-order chi connectivity index (χ1) is 8.95. The molecule has 0 bridgehead atoms. The third-order valence-corrected chi connectivity index (χ3v) is 4.76. The molecule has 5 nitrogen and oxygen atoms in total. The van der Waals surface area contributed by atoms with Crippen molar-refractivity contribution < 1.29 is 18.0 Å². The summed E-state index contributed by atoms with van der Waals surface area (Å²) in [4.78, 5) is 16.9. The van der Waals surface area contributed by atoms with Crippen molar-refractivity contribution in [2.45, 2.75) is 16.6 Å². The zero-order valence-electron chi connectivity index (χ0n) is 10.9. The Labute approximate surface area is 113 Å². The van der Waals surface area contributed by atoms with Crippen molar-refractivity contribution in [1.29, 1.82) is 0 Å². The van der Waals surface area contributed by atoms with Crippen molar-refractivity contribution in [3.63, 3.8) is 0 Å². The second-order valence-corrected chi connectivity index (χ2v) is 6.02. The number of nitrogens with zero attached hydrogens (tertiary/aromatic N) is 1. The minimum Gasteiger partial charge on any atom is -0.275 e. The summed E-state index contributed by atoms with van der Waals surface area (Å²) in [6.45, 7) is 3.50. The molecule has 0 aromatic heterocycles. The van der Waals surface area contributed by atoms with Gasteiger partial charge in [-0.1, -0.05) is 24.3 Å². The fourth-order valence-corrected chi connectivity index (χ4v) is 3.25. The Morgan fingerprint density at radius 2 is 2.00 bits per heavy atom. The first kappa shape index (κ1) is 15.4. The number of carbonyl (C=O) groups excluding carboxylic acids is 1. The molecule has 1 atom stereocenters. The summed E-state index contributed by atoms with van der Waals surface area (Å²) < 4.78 is 24.9. The lowest BCUT2D eigenvalue weighted by molar-refractivity contribution is -0.168. The molecule has 1 amide bonds. The van der Waals surface area contributed by atoms with Crippen LogP contribution >= 0.6 is 0 Å². The van der Waals surface area contributed by atoms with Gasteiger partial charge >= 0.3 is 0 Å². The zero-order valence-corrected chi connectivity index (χ0v) is 11.8. The quantitative estimate of drug-likeness (QED) is 0.585. The third kappa shape index (κ3) is 3.42. The van der Waals surface area contributed by atoms with Gasteiger partial charge in [0.2, 0.25) is 0 Å². The average Bonchev–Trinajstić information content (AvgIpc) is 2.43. The number of sulfone groups is 1. The Kier molecular flexibility index (Phi) is 5.26. The lowest BCUT2D eigenvalue weighted by Crippen LogP contribution is -2.40. The van der Waals surface area contributed by atoms with E-state index in [2.05, 4.69) is 6.58 Å². The molecule has 19 heavy (non-hydrogen) atoms. The van der Waals surface area contributed by atoms with Crippen LogP contribution in [0.3, 0.4) is 0 Å². The number of amides is 1. The van der Waals surface area contributed by atoms with Crippen molar-refractivity contribution >= 4 is 15.7 Å². The molecule has 0 radical (unpaired) electrons. The first-order valence-corrected chi connectivity index (χ1v) is 7.21. The number of benzene rings is 1. The van der Waals surface area contributed by atoms with Crippen LogP contribution in [0.5, 0.6) is 0 Å². The minimum absolute atomic E-state index is 0.0315. The van der Waals surface area contributed by atoms with Crippen LogP contribution in [0.15, 0.2) is 47.9 Å². The maximum absolute atomic E-state index is 12.4. The largest absolute Gasteiger partial charge is 0.275 e. The van der Waals surface area contributed by atoms with E-state index in [9.17, 15) is 13.2 Å². The SMILES string of the molecule is C=CCC(C(=O)N(C)OC)S(=O)(=O)c1ccccc1. The van der Waals surface area contributed by atoms with E-state index in [0.717, 1.165) is 5.06 Å². The van der Waals surface area contributed by atoms with E-state index in [1.165, 1.54) is 32.4 Å². The fraction of sp³-hybridized carbons (Fsp3) is 0.308. The Balaban J connectivity index is 3.19. The van der Waals surface area contributed by atoms with Crippen LogP contribution in [0.2, 0.25) is 0 Å². The van der Waals surface area contributed by atoms with Gasteiger partial charge in [-0.25, -0.2) is 13.5 Å². The molecule has 0 fully saturated rings. The highest BCUT2D eigenvalue weighted by molar-refractivity contribution is 7.92. The van der Waals surface area contributed by atoms with E-state index in [4.69, 9.17) is 4.84 Å². The summed E-state index contributed by atoms with van der Waals surface area (Å²) >= 11 is 0. The second-order valence-electron chi connectivity index (χ2n) is 3.89. The van der Waals surface area contributed by atoms with E-state index in [0.29, 0.717) is 0 Å². The minimum atomic E-state index is -3.76. The van der Waals surface area contributed by atoms with Crippen molar-refractivity contribution in [2.24, 2.45) is 0 Å². The van der Waals surface area contributed by atoms with Gasteiger partial charge in [-0.15, -0.1) is 6.58 Å². The van der Waals surface area contributed by atoms with Gasteiger partial charge in [0.15, 0.2) is 9.84 Å². The molecule has 0 N–H and O–H groups in total. The van der Waals surface area contributed by atoms with Crippen LogP contribution in [0.4, 0.5) is 0 Å². The van der Waals surface area contributed by atoms with Gasteiger partial charge in [-0.05, 0) is 18.6 Å². The molecule has 1 rings (SSSR count). The molecule has 0 spiro atoms. The molecule has 0 aliphatic rings. The van der Waals surface area contributed by atoms with Crippen molar-refractivity contribution in [2.75, 3.05) is 14.2 Å². The van der Waals surface area contributed by atoms with Gasteiger partial charge in [0.05, 0.1) is 12.0 Å². The molecule has 1 unspecified atom stereocenters. The Hall–Kier alpha value is -1.66. The Morgan fingerprint density at radius 3 is 2.47 bits per heavy atom. The third-order valence-electron chi connectivity index (χ3n) is 2.69. The van der Waals surface area contributed by atoms with Crippen LogP contribution in [0, 0.1) is 0 Å². The summed E-state index contributed by atoms with van der Waals surface area (Å²) in [6, 6.07) is 7.87. The number of rotatable bonds is 6. The fourth-order valence-electron chi connectivity index (χ4n) is 1.58. The van der Waals surface area contributed by atoms with Gasteiger partial charge in [0, 0.05) is 7.05 Å². The number of carbonyl (C=O) groups is 1. The lowest BCUT2D eigenvalue weighted by atomic mass is 10.3.